The predicted molar refractivity (Wildman–Crippen MR) is 232 cm³/mol. The number of nitrogens with zero attached hydrogens (tertiary/aromatic N) is 4. The maximum absolute atomic E-state index is 5.09. The average molecular weight is 715 g/mol. The fourth-order valence-corrected chi connectivity index (χ4v) is 8.35. The van der Waals surface area contributed by atoms with Gasteiger partial charge >= 0.3 is 0 Å². The van der Waals surface area contributed by atoms with Gasteiger partial charge in [-0.3, -0.25) is 0 Å². The Bertz CT molecular complexity index is 3160. The predicted octanol–water partition coefficient (Wildman–Crippen LogP) is 13.3. The molecule has 3 heterocycles. The molecule has 0 N–H and O–H groups in total. The molecule has 0 aliphatic carbocycles. The Morgan fingerprint density at radius 3 is 1.39 bits per heavy atom. The van der Waals surface area contributed by atoms with Gasteiger partial charge in [-0.2, -0.15) is 0 Å². The van der Waals surface area contributed by atoms with Gasteiger partial charge < -0.3 is 9.13 Å². The van der Waals surface area contributed by atoms with Crippen LogP contribution in [-0.4, -0.2) is 19.1 Å². The summed E-state index contributed by atoms with van der Waals surface area (Å²) >= 11 is 0. The highest BCUT2D eigenvalue weighted by Crippen LogP contribution is 2.41. The van der Waals surface area contributed by atoms with E-state index < -0.39 is 0 Å². The highest BCUT2D eigenvalue weighted by molar-refractivity contribution is 6.19. The molecule has 0 aliphatic rings. The minimum Gasteiger partial charge on any atom is -0.309 e. The van der Waals surface area contributed by atoms with Crippen molar-refractivity contribution in [2.24, 2.45) is 0 Å². The molecule has 4 nitrogen and oxygen atoms in total. The molecular weight excluding hydrogens is 681 g/mol. The molecule has 0 radical (unpaired) electrons. The van der Waals surface area contributed by atoms with Gasteiger partial charge in [0.05, 0.1) is 39.1 Å². The van der Waals surface area contributed by atoms with Gasteiger partial charge in [-0.05, 0) is 66.2 Å². The first kappa shape index (κ1) is 31.9. The van der Waals surface area contributed by atoms with E-state index in [0.717, 1.165) is 50.5 Å². The number of fused-ring (bicyclic) bond motifs is 6. The molecule has 11 aromatic rings. The van der Waals surface area contributed by atoms with Crippen molar-refractivity contribution in [3.8, 4) is 56.4 Å². The van der Waals surface area contributed by atoms with Gasteiger partial charge in [-0.1, -0.05) is 146 Å². The summed E-state index contributed by atoms with van der Waals surface area (Å²) < 4.78 is 4.84. The van der Waals surface area contributed by atoms with Crippen LogP contribution in [0.1, 0.15) is 0 Å². The number of hydrogen-bond donors (Lipinski definition) is 0. The Morgan fingerprint density at radius 2 is 0.786 bits per heavy atom. The van der Waals surface area contributed by atoms with Crippen molar-refractivity contribution in [3.05, 3.63) is 206 Å². The lowest BCUT2D eigenvalue weighted by atomic mass is 10.0. The first-order valence-corrected chi connectivity index (χ1v) is 19.0. The summed E-state index contributed by atoms with van der Waals surface area (Å²) in [6, 6.07) is 73.2. The Kier molecular flexibility index (Phi) is 7.46. The summed E-state index contributed by atoms with van der Waals surface area (Å²) in [6.07, 6.45) is 0. The number of aromatic nitrogens is 4. The van der Waals surface area contributed by atoms with Crippen LogP contribution in [0.25, 0.3) is 100 Å². The summed E-state index contributed by atoms with van der Waals surface area (Å²) in [5.41, 5.74) is 14.2. The number of benzene rings is 8. The fourth-order valence-electron chi connectivity index (χ4n) is 8.35. The summed E-state index contributed by atoms with van der Waals surface area (Å²) in [5.74, 6) is 0.697. The lowest BCUT2D eigenvalue weighted by molar-refractivity contribution is 1.16. The standard InChI is InChI=1S/C52H34N4/c1-4-16-35(17-5-1)40-22-10-13-25-47(40)56-49-27-15-12-24-42(49)44-32-43-41-23-11-14-26-48(41)55(50(43)34-51(44)56)39-30-28-38(29-31-39)52-53-45(36-18-6-2-7-19-36)33-46(54-52)37-20-8-3-9-21-37/h1-34H. The van der Waals surface area contributed by atoms with Crippen LogP contribution in [-0.2, 0) is 0 Å². The zero-order valence-corrected chi connectivity index (χ0v) is 30.4. The molecule has 0 bridgehead atoms. The van der Waals surface area contributed by atoms with E-state index in [9.17, 15) is 0 Å². The third-order valence-corrected chi connectivity index (χ3v) is 10.9. The lowest BCUT2D eigenvalue weighted by Gasteiger charge is -2.14. The van der Waals surface area contributed by atoms with E-state index in [1.165, 1.54) is 43.7 Å². The van der Waals surface area contributed by atoms with Gasteiger partial charge in [0.2, 0.25) is 0 Å². The lowest BCUT2D eigenvalue weighted by Crippen LogP contribution is -1.98. The first-order chi connectivity index (χ1) is 27.8. The summed E-state index contributed by atoms with van der Waals surface area (Å²) in [4.78, 5) is 10.2. The molecule has 0 spiro atoms. The van der Waals surface area contributed by atoms with E-state index in [0.29, 0.717) is 5.82 Å². The summed E-state index contributed by atoms with van der Waals surface area (Å²) in [7, 11) is 0. The Balaban J connectivity index is 1.11. The van der Waals surface area contributed by atoms with Gasteiger partial charge in [0, 0.05) is 49.5 Å². The second kappa shape index (κ2) is 13.1. The van der Waals surface area contributed by atoms with Crippen LogP contribution in [0.15, 0.2) is 206 Å². The van der Waals surface area contributed by atoms with Gasteiger partial charge in [-0.15, -0.1) is 0 Å². The zero-order chi connectivity index (χ0) is 37.0. The minimum atomic E-state index is 0.697. The van der Waals surface area contributed by atoms with Crippen LogP contribution in [0.5, 0.6) is 0 Å². The largest absolute Gasteiger partial charge is 0.309 e. The minimum absolute atomic E-state index is 0.697. The zero-order valence-electron chi connectivity index (χ0n) is 30.4. The van der Waals surface area contributed by atoms with Gasteiger partial charge in [0.1, 0.15) is 0 Å². The molecule has 3 aromatic heterocycles. The molecule has 0 saturated heterocycles. The van der Waals surface area contributed by atoms with E-state index in [1.807, 2.05) is 12.1 Å². The Hall–Kier alpha value is -7.56. The van der Waals surface area contributed by atoms with Crippen molar-refractivity contribution in [2.45, 2.75) is 0 Å². The van der Waals surface area contributed by atoms with Crippen molar-refractivity contribution >= 4 is 43.6 Å². The second-order valence-corrected chi connectivity index (χ2v) is 14.2. The van der Waals surface area contributed by atoms with E-state index in [-0.39, 0.29) is 0 Å². The topological polar surface area (TPSA) is 35.6 Å². The summed E-state index contributed by atoms with van der Waals surface area (Å²) in [6.45, 7) is 0. The summed E-state index contributed by atoms with van der Waals surface area (Å²) in [5, 5.41) is 4.92. The van der Waals surface area contributed by atoms with Gasteiger partial charge in [0.15, 0.2) is 5.82 Å². The molecule has 11 rings (SSSR count). The normalized spacial score (nSPS) is 11.6. The Labute approximate surface area is 324 Å². The maximum Gasteiger partial charge on any atom is 0.160 e. The van der Waals surface area contributed by atoms with Crippen LogP contribution in [0.4, 0.5) is 0 Å². The van der Waals surface area contributed by atoms with E-state index in [4.69, 9.17) is 9.97 Å². The van der Waals surface area contributed by atoms with E-state index in [1.54, 1.807) is 0 Å². The van der Waals surface area contributed by atoms with Gasteiger partial charge in [0.25, 0.3) is 0 Å². The monoisotopic (exact) mass is 714 g/mol. The average Bonchev–Trinajstić information content (AvgIpc) is 3.78. The molecule has 4 heteroatoms. The first-order valence-electron chi connectivity index (χ1n) is 19.0. The van der Waals surface area contributed by atoms with Crippen LogP contribution in [0.2, 0.25) is 0 Å². The molecule has 56 heavy (non-hydrogen) atoms. The smallest absolute Gasteiger partial charge is 0.160 e. The molecule has 0 atom stereocenters. The maximum atomic E-state index is 5.09. The van der Waals surface area contributed by atoms with Crippen molar-refractivity contribution < 1.29 is 0 Å². The fraction of sp³-hybridized carbons (Fsp3) is 0. The molecule has 0 aliphatic heterocycles. The molecular formula is C52H34N4. The molecule has 0 amide bonds. The highest BCUT2D eigenvalue weighted by atomic mass is 15.0. The second-order valence-electron chi connectivity index (χ2n) is 14.2. The van der Waals surface area contributed by atoms with Crippen LogP contribution >= 0.6 is 0 Å². The molecule has 0 unspecified atom stereocenters. The van der Waals surface area contributed by atoms with Crippen LogP contribution < -0.4 is 0 Å². The Morgan fingerprint density at radius 1 is 0.304 bits per heavy atom. The number of para-hydroxylation sites is 3. The van der Waals surface area contributed by atoms with Gasteiger partial charge in [-0.25, -0.2) is 9.97 Å². The van der Waals surface area contributed by atoms with E-state index in [2.05, 4.69) is 203 Å². The molecule has 8 aromatic carbocycles. The third kappa shape index (κ3) is 5.23. The van der Waals surface area contributed by atoms with Crippen LogP contribution in [0, 0.1) is 0 Å². The molecule has 262 valence electrons. The highest BCUT2D eigenvalue weighted by Gasteiger charge is 2.20. The van der Waals surface area contributed by atoms with Crippen molar-refractivity contribution in [3.63, 3.8) is 0 Å². The number of hydrogen-bond acceptors (Lipinski definition) is 2. The SMILES string of the molecule is c1ccc(-c2cc(-c3ccccc3)nc(-c3ccc(-n4c5ccccc5c5cc6c7ccccc7n(-c7ccccc7-c7ccccc7)c6cc54)cc3)n2)cc1. The molecule has 0 saturated carbocycles. The van der Waals surface area contributed by atoms with Crippen LogP contribution in [0.3, 0.4) is 0 Å². The van der Waals surface area contributed by atoms with Crippen molar-refractivity contribution in [2.75, 3.05) is 0 Å². The quantitative estimate of drug-likeness (QED) is 0.172. The third-order valence-electron chi connectivity index (χ3n) is 10.9. The van der Waals surface area contributed by atoms with Crippen molar-refractivity contribution in [1.29, 1.82) is 0 Å². The van der Waals surface area contributed by atoms with Crippen molar-refractivity contribution in [1.82, 2.24) is 19.1 Å². The molecule has 0 fully saturated rings. The van der Waals surface area contributed by atoms with E-state index >= 15 is 0 Å². The number of rotatable bonds is 6.